The molecule has 0 aliphatic heterocycles. The predicted octanol–water partition coefficient (Wildman–Crippen LogP) is 4.34. The number of esters is 1. The minimum atomic E-state index is -2.66. The maximum absolute atomic E-state index is 12.1. The number of hydrogen-bond donors (Lipinski definition) is 1. The van der Waals surface area contributed by atoms with Gasteiger partial charge in [-0.1, -0.05) is 51.9 Å². The van der Waals surface area contributed by atoms with Gasteiger partial charge in [0.05, 0.1) is 12.5 Å². The summed E-state index contributed by atoms with van der Waals surface area (Å²) in [5.74, 6) is -1.25. The van der Waals surface area contributed by atoms with Gasteiger partial charge in [-0.25, -0.2) is 0 Å². The third-order valence-electron chi connectivity index (χ3n) is 3.65. The van der Waals surface area contributed by atoms with E-state index in [4.69, 9.17) is 14.3 Å². The fourth-order valence-electron chi connectivity index (χ4n) is 2.35. The summed E-state index contributed by atoms with van der Waals surface area (Å²) >= 11 is 0. The molecule has 0 fully saturated rings. The van der Waals surface area contributed by atoms with Gasteiger partial charge in [-0.2, -0.15) is 0 Å². The van der Waals surface area contributed by atoms with Crippen LogP contribution in [-0.4, -0.2) is 42.1 Å². The Balaban J connectivity index is 4.26. The molecule has 0 saturated heterocycles. The number of nitrogens with zero attached hydrogens (tertiary/aromatic N) is 1. The zero-order valence-corrected chi connectivity index (χ0v) is 15.5. The number of likely N-dealkylation sites (N-methyl/N-ethyl adjacent to an activating group) is 1. The molecule has 0 aromatic heterocycles. The van der Waals surface area contributed by atoms with E-state index in [-0.39, 0.29) is 24.1 Å². The summed E-state index contributed by atoms with van der Waals surface area (Å²) in [5.41, 5.74) is 0. The van der Waals surface area contributed by atoms with Crippen LogP contribution in [0.4, 0.5) is 0 Å². The van der Waals surface area contributed by atoms with Gasteiger partial charge in [-0.15, -0.1) is 0 Å². The zero-order valence-electron chi connectivity index (χ0n) is 18.5. The first-order valence-corrected chi connectivity index (χ1v) is 9.14. The van der Waals surface area contributed by atoms with Crippen molar-refractivity contribution in [1.29, 1.82) is 5.41 Å². The van der Waals surface area contributed by atoms with Crippen molar-refractivity contribution < 1.29 is 18.4 Å². The lowest BCUT2D eigenvalue weighted by molar-refractivity contribution is -0.147. The minimum absolute atomic E-state index is 0.169. The molecule has 0 radical (unpaired) electrons. The topological polar surface area (TPSA) is 70.5 Å². The van der Waals surface area contributed by atoms with Crippen LogP contribution in [0.25, 0.3) is 0 Å². The maximum Gasteiger partial charge on any atom is 0.325 e. The fourth-order valence-corrected chi connectivity index (χ4v) is 2.35. The monoisotopic (exact) mass is 343 g/mol. The molecule has 1 N–H and O–H groups in total. The summed E-state index contributed by atoms with van der Waals surface area (Å²) in [6, 6.07) is 0. The quantitative estimate of drug-likeness (QED) is 0.220. The van der Waals surface area contributed by atoms with Crippen LogP contribution in [0.2, 0.25) is 0 Å². The molecule has 0 spiro atoms. The number of carbonyl (C=O) groups excluding carboxylic acids is 2. The highest BCUT2D eigenvalue weighted by molar-refractivity contribution is 6.00. The number of ketones is 1. The van der Waals surface area contributed by atoms with Crippen LogP contribution in [0.1, 0.15) is 89.1 Å². The van der Waals surface area contributed by atoms with Crippen molar-refractivity contribution in [3.63, 3.8) is 0 Å². The molecule has 140 valence electrons. The summed E-state index contributed by atoms with van der Waals surface area (Å²) < 4.78 is 27.4. The van der Waals surface area contributed by atoms with Crippen LogP contribution >= 0.6 is 0 Å². The first kappa shape index (κ1) is 17.4. The molecule has 0 unspecified atom stereocenters. The van der Waals surface area contributed by atoms with Gasteiger partial charge in [0.15, 0.2) is 0 Å². The second-order valence-electron chi connectivity index (χ2n) is 6.51. The van der Waals surface area contributed by atoms with Crippen LogP contribution < -0.4 is 0 Å². The van der Waals surface area contributed by atoms with E-state index < -0.39 is 19.5 Å². The van der Waals surface area contributed by atoms with Gasteiger partial charge < -0.3 is 9.64 Å². The summed E-state index contributed by atoms with van der Waals surface area (Å²) in [4.78, 5) is 24.5. The lowest BCUT2D eigenvalue weighted by Gasteiger charge is -2.19. The van der Waals surface area contributed by atoms with Crippen molar-refractivity contribution in [3.8, 4) is 0 Å². The largest absolute Gasteiger partial charge is 0.462 e. The minimum Gasteiger partial charge on any atom is -0.462 e. The number of nitrogens with one attached hydrogen (secondary N) is 1. The molecule has 0 atom stereocenters. The van der Waals surface area contributed by atoms with Gasteiger partial charge in [-0.05, 0) is 20.3 Å². The van der Waals surface area contributed by atoms with E-state index in [0.29, 0.717) is 11.3 Å². The van der Waals surface area contributed by atoms with Crippen molar-refractivity contribution in [2.45, 2.75) is 91.1 Å². The molecule has 0 aliphatic rings. The Hall–Kier alpha value is -1.39. The Labute approximate surface area is 151 Å². The lowest BCUT2D eigenvalue weighted by Crippen LogP contribution is -2.34. The van der Waals surface area contributed by atoms with Crippen LogP contribution in [0.15, 0.2) is 0 Å². The van der Waals surface area contributed by atoms with Gasteiger partial charge >= 0.3 is 5.97 Å². The molecule has 24 heavy (non-hydrogen) atoms. The van der Waals surface area contributed by atoms with Gasteiger partial charge in [0.25, 0.3) is 0 Å². The normalized spacial score (nSPS) is 13.1. The Bertz CT molecular complexity index is 466. The van der Waals surface area contributed by atoms with E-state index in [2.05, 4.69) is 6.92 Å². The SMILES string of the molecule is [2H]C([2H])([2H])N(CC(=O)OC(C)C)C(=N)CC(=O)CCCCCCCCCC. The van der Waals surface area contributed by atoms with Gasteiger partial charge in [0, 0.05) is 17.5 Å². The smallest absolute Gasteiger partial charge is 0.325 e. The van der Waals surface area contributed by atoms with E-state index in [1.54, 1.807) is 13.8 Å². The third kappa shape index (κ3) is 13.1. The fraction of sp³-hybridized carbons (Fsp3) is 0.842. The van der Waals surface area contributed by atoms with Crippen LogP contribution in [-0.2, 0) is 14.3 Å². The Kier molecular flexibility index (Phi) is 10.2. The molecule has 5 heteroatoms. The summed E-state index contributed by atoms with van der Waals surface area (Å²) in [6.45, 7) is 2.29. The summed E-state index contributed by atoms with van der Waals surface area (Å²) in [7, 11) is 0. The van der Waals surface area contributed by atoms with Crippen molar-refractivity contribution in [1.82, 2.24) is 4.90 Å². The number of carbonyl (C=O) groups is 2. The molecule has 0 saturated carbocycles. The highest BCUT2D eigenvalue weighted by atomic mass is 16.5. The molecule has 0 amide bonds. The second-order valence-corrected chi connectivity index (χ2v) is 6.51. The molecule has 5 nitrogen and oxygen atoms in total. The van der Waals surface area contributed by atoms with E-state index in [1.165, 1.54) is 32.1 Å². The molecule has 0 bridgehead atoms. The third-order valence-corrected chi connectivity index (χ3v) is 3.65. The molecule has 0 rings (SSSR count). The van der Waals surface area contributed by atoms with Crippen LogP contribution in [0.5, 0.6) is 0 Å². The van der Waals surface area contributed by atoms with Crippen molar-refractivity contribution in [2.24, 2.45) is 0 Å². The average molecular weight is 344 g/mol. The number of hydrogen-bond acceptors (Lipinski definition) is 4. The number of ether oxygens (including phenoxy) is 1. The van der Waals surface area contributed by atoms with E-state index >= 15 is 0 Å². The lowest BCUT2D eigenvalue weighted by atomic mass is 10.0. The van der Waals surface area contributed by atoms with Crippen molar-refractivity contribution >= 4 is 17.6 Å². The Morgan fingerprint density at radius 3 is 2.21 bits per heavy atom. The number of Topliss-reactive ketones (excluding diaryl/α,β-unsaturated/α-hetero) is 1. The van der Waals surface area contributed by atoms with Crippen LogP contribution in [0, 0.1) is 5.41 Å². The molecule has 0 aliphatic carbocycles. The Morgan fingerprint density at radius 2 is 1.67 bits per heavy atom. The predicted molar refractivity (Wildman–Crippen MR) is 98.4 cm³/mol. The number of rotatable bonds is 14. The second kappa shape index (κ2) is 14.0. The number of amidine groups is 1. The van der Waals surface area contributed by atoms with Crippen molar-refractivity contribution in [3.05, 3.63) is 0 Å². The first-order valence-electron chi connectivity index (χ1n) is 10.6. The summed E-state index contributed by atoms with van der Waals surface area (Å²) in [6.07, 6.45) is 8.67. The Morgan fingerprint density at radius 1 is 1.08 bits per heavy atom. The van der Waals surface area contributed by atoms with Gasteiger partial charge in [0.2, 0.25) is 0 Å². The van der Waals surface area contributed by atoms with E-state index in [1.807, 2.05) is 0 Å². The highest BCUT2D eigenvalue weighted by Gasteiger charge is 2.14. The van der Waals surface area contributed by atoms with Crippen LogP contribution in [0.3, 0.4) is 0 Å². The maximum atomic E-state index is 12.1. The number of unbranched alkanes of at least 4 members (excludes halogenated alkanes) is 7. The molecule has 0 heterocycles. The zero-order chi connectivity index (χ0) is 20.9. The van der Waals surface area contributed by atoms with Gasteiger partial charge in [-0.3, -0.25) is 15.0 Å². The average Bonchev–Trinajstić information content (AvgIpc) is 2.53. The first-order chi connectivity index (χ1) is 12.6. The van der Waals surface area contributed by atoms with Crippen molar-refractivity contribution in [2.75, 3.05) is 13.5 Å². The molecule has 0 aromatic rings. The highest BCUT2D eigenvalue weighted by Crippen LogP contribution is 2.10. The summed E-state index contributed by atoms with van der Waals surface area (Å²) in [5, 5.41) is 7.96. The molecular weight excluding hydrogens is 304 g/mol. The van der Waals surface area contributed by atoms with E-state index in [9.17, 15) is 9.59 Å². The van der Waals surface area contributed by atoms with Gasteiger partial charge in [0.1, 0.15) is 18.2 Å². The molecule has 0 aromatic carbocycles. The molecular formula is C19H36N2O3. The van der Waals surface area contributed by atoms with E-state index in [0.717, 1.165) is 19.3 Å². The standard InChI is InChI=1S/C19H36N2O3/c1-5-6-7-8-9-10-11-12-13-17(22)14-18(20)21(4)15-19(23)24-16(2)3/h16,20H,5-15H2,1-4H3/i4D3.